The monoisotopic (exact) mass is 325 g/mol. The van der Waals surface area contributed by atoms with Gasteiger partial charge in [-0.15, -0.1) is 0 Å². The first-order valence-electron chi connectivity index (χ1n) is 8.42. The van der Waals surface area contributed by atoms with Crippen LogP contribution in [-0.4, -0.2) is 59.0 Å². The van der Waals surface area contributed by atoms with Crippen molar-refractivity contribution in [3.8, 4) is 0 Å². The summed E-state index contributed by atoms with van der Waals surface area (Å²) in [5, 5.41) is 9.56. The Morgan fingerprint density at radius 1 is 1.26 bits per heavy atom. The molecule has 130 valence electrons. The van der Waals surface area contributed by atoms with E-state index in [1.54, 1.807) is 7.05 Å². The van der Waals surface area contributed by atoms with Crippen LogP contribution in [0.1, 0.15) is 39.0 Å². The first kappa shape index (κ1) is 17.6. The van der Waals surface area contributed by atoms with Crippen LogP contribution < -0.4 is 5.73 Å². The highest BCUT2D eigenvalue weighted by Gasteiger charge is 2.49. The molecule has 4 unspecified atom stereocenters. The van der Waals surface area contributed by atoms with E-state index in [9.17, 15) is 19.5 Å². The number of rotatable bonds is 4. The first-order chi connectivity index (χ1) is 10.9. The Bertz CT molecular complexity index is 482. The van der Waals surface area contributed by atoms with Gasteiger partial charge in [0.2, 0.25) is 11.8 Å². The number of fused-ring (bicyclic) bond motifs is 1. The third-order valence-electron chi connectivity index (χ3n) is 5.52. The molecule has 0 aromatic heterocycles. The van der Waals surface area contributed by atoms with Crippen LogP contribution in [0.3, 0.4) is 0 Å². The van der Waals surface area contributed by atoms with Crippen molar-refractivity contribution in [2.75, 3.05) is 20.1 Å². The second kappa shape index (κ2) is 7.19. The lowest BCUT2D eigenvalue weighted by atomic mass is 9.67. The predicted octanol–water partition coefficient (Wildman–Crippen LogP) is 1.12. The van der Waals surface area contributed by atoms with Crippen molar-refractivity contribution in [1.82, 2.24) is 9.80 Å². The van der Waals surface area contributed by atoms with E-state index in [0.717, 1.165) is 32.1 Å². The lowest BCUT2D eigenvalue weighted by Gasteiger charge is -2.48. The average Bonchev–Trinajstić information content (AvgIpc) is 2.53. The van der Waals surface area contributed by atoms with Crippen LogP contribution in [0.15, 0.2) is 0 Å². The summed E-state index contributed by atoms with van der Waals surface area (Å²) in [5.74, 6) is -1.77. The third kappa shape index (κ3) is 3.43. The maximum absolute atomic E-state index is 12.7. The predicted molar refractivity (Wildman–Crippen MR) is 84.6 cm³/mol. The SMILES string of the molecule is CCN(C)C(=O)C(C(N)=O)C1C2CCCCC2CCN1C(=O)O. The van der Waals surface area contributed by atoms with Gasteiger partial charge in [0.25, 0.3) is 0 Å². The molecule has 0 spiro atoms. The number of carbonyl (C=O) groups is 3. The van der Waals surface area contributed by atoms with Crippen LogP contribution in [0.5, 0.6) is 0 Å². The molecule has 3 amide bonds. The van der Waals surface area contributed by atoms with Crippen LogP contribution in [0.25, 0.3) is 0 Å². The zero-order valence-electron chi connectivity index (χ0n) is 13.9. The molecule has 1 aliphatic heterocycles. The lowest BCUT2D eigenvalue weighted by molar-refractivity contribution is -0.145. The molecular weight excluding hydrogens is 298 g/mol. The Morgan fingerprint density at radius 2 is 1.91 bits per heavy atom. The van der Waals surface area contributed by atoms with Crippen molar-refractivity contribution in [3.05, 3.63) is 0 Å². The van der Waals surface area contributed by atoms with Gasteiger partial charge in [0, 0.05) is 20.1 Å². The van der Waals surface area contributed by atoms with Crippen LogP contribution in [-0.2, 0) is 9.59 Å². The molecule has 7 nitrogen and oxygen atoms in total. The first-order valence-corrected chi connectivity index (χ1v) is 8.42. The smallest absolute Gasteiger partial charge is 0.407 e. The van der Waals surface area contributed by atoms with Crippen molar-refractivity contribution < 1.29 is 19.5 Å². The van der Waals surface area contributed by atoms with Gasteiger partial charge in [0.05, 0.1) is 6.04 Å². The average molecular weight is 325 g/mol. The van der Waals surface area contributed by atoms with Crippen molar-refractivity contribution in [1.29, 1.82) is 0 Å². The Morgan fingerprint density at radius 3 is 2.48 bits per heavy atom. The van der Waals surface area contributed by atoms with Gasteiger partial charge in [-0.1, -0.05) is 19.3 Å². The van der Waals surface area contributed by atoms with Gasteiger partial charge < -0.3 is 20.6 Å². The number of carboxylic acid groups (broad SMARTS) is 1. The number of likely N-dealkylation sites (tertiary alicyclic amines) is 1. The van der Waals surface area contributed by atoms with Crippen LogP contribution in [0.2, 0.25) is 0 Å². The normalized spacial score (nSPS) is 28.6. The maximum atomic E-state index is 12.7. The Labute approximate surface area is 136 Å². The molecule has 23 heavy (non-hydrogen) atoms. The van der Waals surface area contributed by atoms with Crippen molar-refractivity contribution in [3.63, 3.8) is 0 Å². The topological polar surface area (TPSA) is 104 Å². The molecule has 0 radical (unpaired) electrons. The zero-order valence-corrected chi connectivity index (χ0v) is 13.9. The molecule has 2 aliphatic rings. The molecule has 2 rings (SSSR count). The molecule has 1 saturated heterocycles. The number of nitrogens with zero attached hydrogens (tertiary/aromatic N) is 2. The molecule has 4 atom stereocenters. The Kier molecular flexibility index (Phi) is 5.49. The Balaban J connectivity index is 2.38. The summed E-state index contributed by atoms with van der Waals surface area (Å²) in [4.78, 5) is 39.1. The number of primary amides is 1. The van der Waals surface area contributed by atoms with E-state index in [-0.39, 0.29) is 11.8 Å². The van der Waals surface area contributed by atoms with Crippen LogP contribution in [0, 0.1) is 17.8 Å². The number of piperidine rings is 1. The summed E-state index contributed by atoms with van der Waals surface area (Å²) in [6.45, 7) is 2.64. The minimum Gasteiger partial charge on any atom is -0.465 e. The summed E-state index contributed by atoms with van der Waals surface area (Å²) in [6.07, 6.45) is 3.76. The van der Waals surface area contributed by atoms with Gasteiger partial charge >= 0.3 is 6.09 Å². The minimum absolute atomic E-state index is 0.0420. The lowest BCUT2D eigenvalue weighted by Crippen LogP contribution is -2.61. The van der Waals surface area contributed by atoms with E-state index < -0.39 is 24.0 Å². The summed E-state index contributed by atoms with van der Waals surface area (Å²) >= 11 is 0. The second-order valence-electron chi connectivity index (χ2n) is 6.70. The highest BCUT2D eigenvalue weighted by molar-refractivity contribution is 6.00. The quantitative estimate of drug-likeness (QED) is 0.756. The van der Waals surface area contributed by atoms with E-state index >= 15 is 0 Å². The summed E-state index contributed by atoms with van der Waals surface area (Å²) in [6, 6.07) is -0.634. The fraction of sp³-hybridized carbons (Fsp3) is 0.812. The number of carbonyl (C=O) groups excluding carboxylic acids is 2. The molecule has 0 aromatic rings. The highest BCUT2D eigenvalue weighted by atomic mass is 16.4. The highest BCUT2D eigenvalue weighted by Crippen LogP contribution is 2.42. The van der Waals surface area contributed by atoms with Gasteiger partial charge in [-0.05, 0) is 31.6 Å². The van der Waals surface area contributed by atoms with Crippen LogP contribution in [0.4, 0.5) is 4.79 Å². The minimum atomic E-state index is -1.10. The molecular formula is C16H27N3O4. The van der Waals surface area contributed by atoms with E-state index in [0.29, 0.717) is 19.0 Å². The van der Waals surface area contributed by atoms with Crippen molar-refractivity contribution in [2.24, 2.45) is 23.5 Å². The number of amides is 3. The number of hydrogen-bond acceptors (Lipinski definition) is 3. The summed E-state index contributed by atoms with van der Waals surface area (Å²) in [7, 11) is 1.62. The second-order valence-corrected chi connectivity index (χ2v) is 6.70. The Hall–Kier alpha value is -1.79. The van der Waals surface area contributed by atoms with Crippen molar-refractivity contribution in [2.45, 2.75) is 45.1 Å². The fourth-order valence-electron chi connectivity index (χ4n) is 4.21. The molecule has 0 bridgehead atoms. The van der Waals surface area contributed by atoms with Gasteiger partial charge in [-0.3, -0.25) is 9.59 Å². The molecule has 0 aromatic carbocycles. The maximum Gasteiger partial charge on any atom is 0.407 e. The van der Waals surface area contributed by atoms with Crippen molar-refractivity contribution >= 4 is 17.9 Å². The fourth-order valence-corrected chi connectivity index (χ4v) is 4.21. The van der Waals surface area contributed by atoms with E-state index in [1.807, 2.05) is 6.92 Å². The molecule has 1 heterocycles. The molecule has 1 saturated carbocycles. The molecule has 7 heteroatoms. The van der Waals surface area contributed by atoms with Crippen LogP contribution >= 0.6 is 0 Å². The van der Waals surface area contributed by atoms with Gasteiger partial charge in [0.1, 0.15) is 5.92 Å². The summed E-state index contributed by atoms with van der Waals surface area (Å²) < 4.78 is 0. The number of hydrogen-bond donors (Lipinski definition) is 2. The van der Waals surface area contributed by atoms with E-state index in [1.165, 1.54) is 9.80 Å². The molecule has 1 aliphatic carbocycles. The zero-order chi connectivity index (χ0) is 17.1. The van der Waals surface area contributed by atoms with E-state index in [4.69, 9.17) is 5.73 Å². The van der Waals surface area contributed by atoms with Gasteiger partial charge in [-0.2, -0.15) is 0 Å². The van der Waals surface area contributed by atoms with Gasteiger partial charge in [-0.25, -0.2) is 4.79 Å². The third-order valence-corrected chi connectivity index (χ3v) is 5.52. The van der Waals surface area contributed by atoms with Gasteiger partial charge in [0.15, 0.2) is 0 Å². The summed E-state index contributed by atoms with van der Waals surface area (Å²) in [5.41, 5.74) is 5.54. The molecule has 2 fully saturated rings. The molecule has 3 N–H and O–H groups in total. The largest absolute Gasteiger partial charge is 0.465 e. The van der Waals surface area contributed by atoms with E-state index in [2.05, 4.69) is 0 Å². The number of nitrogens with two attached hydrogens (primary N) is 1. The standard InChI is InChI=1S/C16H27N3O4/c1-3-18(2)15(21)12(14(17)20)13-11-7-5-4-6-10(11)8-9-19(13)16(22)23/h10-13H,3-9H2,1-2H3,(H2,17,20)(H,22,23).